The fourth-order valence-electron chi connectivity index (χ4n) is 14.6. The summed E-state index contributed by atoms with van der Waals surface area (Å²) in [4.78, 5) is 0. The molecule has 0 aliphatic rings. The summed E-state index contributed by atoms with van der Waals surface area (Å²) in [6.45, 7) is -5.65. The van der Waals surface area contributed by atoms with E-state index in [0.717, 1.165) is 0 Å². The molecule has 0 rings (SSSR count). The van der Waals surface area contributed by atoms with Gasteiger partial charge in [0.05, 0.1) is 0 Å². The Labute approximate surface area is 574 Å². The second-order valence-corrected chi connectivity index (χ2v) is 23.1. The van der Waals surface area contributed by atoms with Crippen LogP contribution in [0, 0.1) is 0 Å². The third kappa shape index (κ3) is 23.3. The molecule has 84 radical (unpaired) electrons. The van der Waals surface area contributed by atoms with Crippen molar-refractivity contribution in [3.05, 3.63) is 0 Å². The summed E-state index contributed by atoms with van der Waals surface area (Å²) in [5, 5.41) is 0. The molecule has 81 heteroatoms. The molecule has 0 bridgehead atoms. The van der Waals surface area contributed by atoms with Crippen LogP contribution >= 0.6 is 0 Å². The zero-order valence-corrected chi connectivity index (χ0v) is 47.3. The predicted octanol–water partition coefficient (Wildman–Crippen LogP) is -30.5. The molecule has 0 saturated heterocycles. The van der Waals surface area contributed by atoms with Crippen LogP contribution in [0.1, 0.15) is 0 Å². The minimum Gasteiger partial charge on any atom is -0.146 e. The second-order valence-electron chi connectivity index (χ2n) is 23.1. The van der Waals surface area contributed by atoms with Crippen LogP contribution in [0.2, 0.25) is 5.62 Å². The van der Waals surface area contributed by atoms with E-state index in [4.69, 9.17) is 325 Å². The van der Waals surface area contributed by atoms with E-state index in [9.17, 15) is 0 Å². The highest BCUT2D eigenvalue weighted by molar-refractivity contribution is 8.30. The van der Waals surface area contributed by atoms with Crippen molar-refractivity contribution in [1.82, 2.24) is 0 Å². The van der Waals surface area contributed by atoms with E-state index >= 15 is 0 Å². The van der Waals surface area contributed by atoms with E-state index in [0.29, 0.717) is 0 Å². The summed E-state index contributed by atoms with van der Waals surface area (Å²) < 4.78 is 0. The van der Waals surface area contributed by atoms with E-state index in [1.54, 1.807) is 0 Å². The number of hydrogen-bond acceptors (Lipinski definition) is 0. The Kier molecular flexibility index (Phi) is 42.5. The minimum atomic E-state index is -1.97. The third-order valence-corrected chi connectivity index (χ3v) is 17.3. The summed E-state index contributed by atoms with van der Waals surface area (Å²) in [7, 11) is 289. The van der Waals surface area contributed by atoms with E-state index in [1.807, 2.05) is 0 Å². The van der Waals surface area contributed by atoms with Gasteiger partial charge in [0.25, 0.3) is 0 Å². The van der Waals surface area contributed by atoms with Gasteiger partial charge in [0.15, 0.2) is 0 Å². The fraction of sp³-hybridized carbons (Fsp3) is 1.00. The van der Waals surface area contributed by atoms with Gasteiger partial charge in [-0.15, -0.1) is 5.62 Å². The van der Waals surface area contributed by atoms with Crippen molar-refractivity contribution < 1.29 is 0 Å². The highest BCUT2D eigenvalue weighted by atomic mass is 13.7. The molecule has 0 nitrogen and oxygen atoms in total. The Morgan fingerprint density at radius 1 is 0.0976 bits per heavy atom. The van der Waals surface area contributed by atoms with Crippen LogP contribution in [0.5, 0.6) is 0 Å². The lowest BCUT2D eigenvalue weighted by atomic mass is 8.28. The first-order valence-electron chi connectivity index (χ1n) is 27.0. The number of hydrogen-bond donors (Lipinski definition) is 0. The predicted molar refractivity (Wildman–Crippen MR) is 470 cm³/mol. The van der Waals surface area contributed by atoms with Crippen LogP contribution in [0.4, 0.5) is 0 Å². The normalized spacial score (nSPS) is 9.91. The van der Waals surface area contributed by atoms with Gasteiger partial charge in [0.1, 0.15) is 0 Å². The molecule has 0 heterocycles. The molecule has 0 atom stereocenters. The van der Waals surface area contributed by atoms with Crippen LogP contribution in [0.15, 0.2) is 0 Å². The molecule has 0 aromatic carbocycles. The quantitative estimate of drug-likeness (QED) is 0.0540. The molecule has 0 aromatic rings. The van der Waals surface area contributed by atoms with Crippen molar-refractivity contribution in [2.75, 3.05) is 0 Å². The van der Waals surface area contributed by atoms with E-state index in [2.05, 4.69) is 0 Å². The Balaban J connectivity index is 12.9. The molecule has 248 valence electrons. The first-order chi connectivity index (χ1) is 37.2. The largest absolute Gasteiger partial charge is 0.146 e. The molecule has 0 amide bonds. The van der Waals surface area contributed by atoms with Crippen LogP contribution in [-0.2, 0) is 0 Å². The van der Waals surface area contributed by atoms with Crippen molar-refractivity contribution in [2.45, 2.75) is 5.62 Å². The lowest BCUT2D eigenvalue weighted by Crippen LogP contribution is -2.95. The zero-order valence-electron chi connectivity index (χ0n) is 47.3. The van der Waals surface area contributed by atoms with Gasteiger partial charge in [-0.05, 0) is 0 Å². The maximum Gasteiger partial charge on any atom is 0.0294 e. The van der Waals surface area contributed by atoms with Gasteiger partial charge in [-0.1, -0.05) is 0 Å². The van der Waals surface area contributed by atoms with Gasteiger partial charge in [0, 0.05) is 574 Å². The summed E-state index contributed by atoms with van der Waals surface area (Å²) in [6, 6.07) is 0. The van der Waals surface area contributed by atoms with Gasteiger partial charge in [-0.2, -0.15) is 0 Å². The van der Waals surface area contributed by atoms with Gasteiger partial charge in [0.2, 0.25) is 0 Å². The summed E-state index contributed by atoms with van der Waals surface area (Å²) in [5.41, 5.74) is -1.97. The monoisotopic (exact) mass is 905 g/mol. The van der Waals surface area contributed by atoms with E-state index in [1.165, 1.54) is 0 Å². The molecular formula is CHB81. The van der Waals surface area contributed by atoms with Gasteiger partial charge in [-0.3, -0.25) is 0 Å². The number of rotatable bonds is 39. The Bertz CT molecular complexity index is 1280. The maximum absolute atomic E-state index is 7.10. The standard InChI is InChI=1S/CHB81/c2-47(3)68(48(4)5)44(69(49(6)7)74(50(8)9)51(10)11)1(45(70(75(52(12)13)53(14)15)76(54(16)17)55(18)19)71(77(56(20)21)57(22)23)78(58(24)25)59(26)27)46(72(79(60(28)29)61(30)31)80(62(32)33)63(34)35)73(81(64(36)37)65(38)39)82(66(40)41)67(42)43/h1H. The summed E-state index contributed by atoms with van der Waals surface area (Å²) >= 11 is 0. The van der Waals surface area contributed by atoms with Gasteiger partial charge < -0.3 is 0 Å². The maximum atomic E-state index is 7.10. The topological polar surface area (TPSA) is 0 Å². The minimum absolute atomic E-state index is 1.53. The third-order valence-electron chi connectivity index (χ3n) is 17.3. The van der Waals surface area contributed by atoms with Crippen molar-refractivity contribution in [1.29, 1.82) is 0 Å². The smallest absolute Gasteiger partial charge is 0.0294 e. The SMILES string of the molecule is [B]B([B])B(B([B])[B])B(B([B])[B])B(B(B([B])[B])B([B])[B])C(B(B(B(B([B])[B])B([B])[B])B(B([B])[B])B([B])[B])B(B(B([B])[B])B([B])[B])B(B([B])[B])B([B])[B])B(B(B(B([B])[B])B([B])[B])B(B([B])[B])B([B])[B])B(B(B([B])[B])B([B])[B])B(B([B])[B])B([B])[B]. The average molecular weight is 889 g/mol. The van der Waals surface area contributed by atoms with Crippen molar-refractivity contribution in [3.63, 3.8) is 0 Å². The second kappa shape index (κ2) is 40.0. The molecule has 0 spiro atoms. The lowest BCUT2D eigenvalue weighted by Gasteiger charge is -2.62. The molecule has 0 aliphatic heterocycles. The Morgan fingerprint density at radius 3 is 0.280 bits per heavy atom. The molecular weight excluding hydrogens is 888 g/mol. The summed E-state index contributed by atoms with van der Waals surface area (Å²) in [5.74, 6) is 0. The molecule has 0 saturated carbocycles. The first-order valence-corrected chi connectivity index (χ1v) is 27.0. The summed E-state index contributed by atoms with van der Waals surface area (Å²) in [6.07, 6.45) is -60.5. The molecule has 0 unspecified atom stereocenters. The Hall–Kier alpha value is 5.26. The highest BCUT2D eigenvalue weighted by Gasteiger charge is 2.66. The lowest BCUT2D eigenvalue weighted by molar-refractivity contribution is 1.80. The van der Waals surface area contributed by atoms with Gasteiger partial charge in [-0.25, -0.2) is 0 Å². The van der Waals surface area contributed by atoms with Gasteiger partial charge >= 0.3 is 0 Å². The highest BCUT2D eigenvalue weighted by Crippen LogP contribution is 2.36. The van der Waals surface area contributed by atoms with Crippen molar-refractivity contribution in [3.8, 4) is 0 Å². The molecule has 0 N–H and O–H groups in total. The van der Waals surface area contributed by atoms with Crippen LogP contribution in [0.25, 0.3) is 0 Å². The van der Waals surface area contributed by atoms with E-state index in [-0.39, 0.29) is 0 Å². The van der Waals surface area contributed by atoms with Crippen molar-refractivity contribution in [2.24, 2.45) is 0 Å². The molecule has 0 aromatic heterocycles. The van der Waals surface area contributed by atoms with Crippen LogP contribution in [0.3, 0.4) is 0 Å². The molecule has 0 fully saturated rings. The van der Waals surface area contributed by atoms with Crippen LogP contribution < -0.4 is 0 Å². The Morgan fingerprint density at radius 2 is 0.183 bits per heavy atom. The van der Waals surface area contributed by atoms with E-state index < -0.39 is 255 Å². The van der Waals surface area contributed by atoms with Crippen molar-refractivity contribution >= 4 is 574 Å². The molecule has 82 heavy (non-hydrogen) atoms. The zero-order chi connectivity index (χ0) is 65.1. The average Bonchev–Trinajstić information content (AvgIpc) is 3.24. The fourth-order valence-corrected chi connectivity index (χ4v) is 14.6. The molecule has 0 aliphatic carbocycles. The first kappa shape index (κ1) is 87.3. The van der Waals surface area contributed by atoms with Crippen LogP contribution in [-0.4, -0.2) is 574 Å².